The first kappa shape index (κ1) is 16.1. The van der Waals surface area contributed by atoms with Crippen LogP contribution in [0.3, 0.4) is 0 Å². The number of nitrogens with zero attached hydrogens (tertiary/aromatic N) is 2. The highest BCUT2D eigenvalue weighted by atomic mass is 15.1. The molecule has 1 fully saturated rings. The Morgan fingerprint density at radius 1 is 0.880 bits per heavy atom. The Bertz CT molecular complexity index is 771. The molecule has 128 valence electrons. The summed E-state index contributed by atoms with van der Waals surface area (Å²) in [5.74, 6) is 0.605. The monoisotopic (exact) mass is 331 g/mol. The van der Waals surface area contributed by atoms with Crippen LogP contribution in [-0.4, -0.2) is 28.2 Å². The molecule has 0 bridgehead atoms. The molecule has 4 rings (SSSR count). The Balaban J connectivity index is 1.37. The van der Waals surface area contributed by atoms with Gasteiger partial charge >= 0.3 is 0 Å². The quantitative estimate of drug-likeness (QED) is 0.752. The molecule has 1 aliphatic heterocycles. The van der Waals surface area contributed by atoms with E-state index >= 15 is 0 Å². The highest BCUT2D eigenvalue weighted by Gasteiger charge is 2.23. The smallest absolute Gasteiger partial charge is 0.0525 e. The van der Waals surface area contributed by atoms with Crippen LogP contribution in [0.4, 0.5) is 0 Å². The van der Waals surface area contributed by atoms with E-state index in [1.54, 1.807) is 0 Å². The number of piperidine rings is 1. The van der Waals surface area contributed by atoms with Crippen molar-refractivity contribution in [3.63, 3.8) is 0 Å². The second kappa shape index (κ2) is 7.66. The molecule has 0 spiro atoms. The van der Waals surface area contributed by atoms with Crippen LogP contribution in [0.5, 0.6) is 0 Å². The molecule has 0 radical (unpaired) electrons. The summed E-state index contributed by atoms with van der Waals surface area (Å²) in [6.45, 7) is 3.38. The summed E-state index contributed by atoms with van der Waals surface area (Å²) >= 11 is 0. The first-order chi connectivity index (χ1) is 12.4. The van der Waals surface area contributed by atoms with E-state index in [2.05, 4.69) is 75.8 Å². The van der Waals surface area contributed by atoms with Gasteiger partial charge in [0.1, 0.15) is 0 Å². The minimum atomic E-state index is 0.605. The Morgan fingerprint density at radius 3 is 2.20 bits per heavy atom. The zero-order valence-corrected chi connectivity index (χ0v) is 14.6. The van der Waals surface area contributed by atoms with E-state index in [0.717, 1.165) is 26.1 Å². The van der Waals surface area contributed by atoms with Crippen molar-refractivity contribution in [1.29, 1.82) is 0 Å². The first-order valence-corrected chi connectivity index (χ1v) is 9.21. The second-order valence-corrected chi connectivity index (χ2v) is 7.01. The summed E-state index contributed by atoms with van der Waals surface area (Å²) in [5, 5.41) is 7.63. The van der Waals surface area contributed by atoms with Gasteiger partial charge < -0.3 is 0 Å². The molecule has 2 aromatic carbocycles. The summed E-state index contributed by atoms with van der Waals surface area (Å²) < 4.78 is 0. The predicted octanol–water partition coefficient (Wildman–Crippen LogP) is 4.38. The third-order valence-electron chi connectivity index (χ3n) is 5.23. The van der Waals surface area contributed by atoms with Gasteiger partial charge in [-0.1, -0.05) is 60.7 Å². The number of likely N-dealkylation sites (tertiary alicyclic amines) is 1. The average molecular weight is 331 g/mol. The summed E-state index contributed by atoms with van der Waals surface area (Å²) in [5.41, 5.74) is 5.47. The maximum Gasteiger partial charge on any atom is 0.0525 e. The van der Waals surface area contributed by atoms with Crippen molar-refractivity contribution in [2.24, 2.45) is 0 Å². The van der Waals surface area contributed by atoms with Crippen LogP contribution >= 0.6 is 0 Å². The Hall–Kier alpha value is -2.39. The highest BCUT2D eigenvalue weighted by Crippen LogP contribution is 2.30. The number of aromatic amines is 1. The van der Waals surface area contributed by atoms with Crippen LogP contribution in [0.25, 0.3) is 0 Å². The lowest BCUT2D eigenvalue weighted by Gasteiger charge is -2.32. The molecule has 3 nitrogen and oxygen atoms in total. The van der Waals surface area contributed by atoms with E-state index in [1.165, 1.54) is 35.2 Å². The molecular formula is C22H25N3. The zero-order valence-electron chi connectivity index (χ0n) is 14.6. The predicted molar refractivity (Wildman–Crippen MR) is 102 cm³/mol. The van der Waals surface area contributed by atoms with Gasteiger partial charge in [-0.25, -0.2) is 0 Å². The largest absolute Gasteiger partial charge is 0.299 e. The molecule has 0 aliphatic carbocycles. The topological polar surface area (TPSA) is 31.9 Å². The van der Waals surface area contributed by atoms with Gasteiger partial charge in [-0.05, 0) is 42.6 Å². The molecule has 3 aromatic rings. The van der Waals surface area contributed by atoms with E-state index in [0.29, 0.717) is 5.92 Å². The molecule has 1 aliphatic rings. The van der Waals surface area contributed by atoms with Crippen LogP contribution < -0.4 is 0 Å². The minimum absolute atomic E-state index is 0.605. The van der Waals surface area contributed by atoms with E-state index in [4.69, 9.17) is 0 Å². The number of rotatable bonds is 5. The lowest BCUT2D eigenvalue weighted by molar-refractivity contribution is 0.203. The summed E-state index contributed by atoms with van der Waals surface area (Å²) in [6, 6.07) is 21.5. The molecule has 1 N–H and O–H groups in total. The average Bonchev–Trinajstić information content (AvgIpc) is 3.12. The number of benzene rings is 2. The number of hydrogen-bond donors (Lipinski definition) is 1. The maximum absolute atomic E-state index is 4.34. The Morgan fingerprint density at radius 2 is 1.52 bits per heavy atom. The zero-order chi connectivity index (χ0) is 16.9. The molecule has 0 unspecified atom stereocenters. The van der Waals surface area contributed by atoms with Gasteiger partial charge in [0.2, 0.25) is 0 Å². The van der Waals surface area contributed by atoms with Crippen molar-refractivity contribution in [3.8, 4) is 0 Å². The number of hydrogen-bond acceptors (Lipinski definition) is 2. The second-order valence-electron chi connectivity index (χ2n) is 7.01. The number of aromatic nitrogens is 2. The van der Waals surface area contributed by atoms with E-state index in [-0.39, 0.29) is 0 Å². The van der Waals surface area contributed by atoms with Gasteiger partial charge in [-0.15, -0.1) is 0 Å². The van der Waals surface area contributed by atoms with E-state index in [1.807, 2.05) is 6.20 Å². The Labute approximate surface area is 149 Å². The molecule has 1 aromatic heterocycles. The van der Waals surface area contributed by atoms with E-state index in [9.17, 15) is 0 Å². The lowest BCUT2D eigenvalue weighted by atomic mass is 9.89. The third kappa shape index (κ3) is 3.99. The van der Waals surface area contributed by atoms with Crippen molar-refractivity contribution >= 4 is 0 Å². The molecule has 0 saturated carbocycles. The Kier molecular flexibility index (Phi) is 4.93. The fourth-order valence-electron chi connectivity index (χ4n) is 3.85. The molecule has 0 amide bonds. The van der Waals surface area contributed by atoms with Crippen LogP contribution in [0.1, 0.15) is 41.1 Å². The van der Waals surface area contributed by atoms with E-state index < -0.39 is 0 Å². The van der Waals surface area contributed by atoms with Crippen LogP contribution in [-0.2, 0) is 13.0 Å². The normalized spacial score (nSPS) is 16.2. The molecule has 3 heteroatoms. The van der Waals surface area contributed by atoms with Crippen molar-refractivity contribution in [2.75, 3.05) is 13.1 Å². The molecule has 0 atom stereocenters. The summed E-state index contributed by atoms with van der Waals surface area (Å²) in [4.78, 5) is 2.57. The molecule has 2 heterocycles. The fraction of sp³-hybridized carbons (Fsp3) is 0.318. The van der Waals surface area contributed by atoms with Crippen LogP contribution in [0.15, 0.2) is 66.9 Å². The summed E-state index contributed by atoms with van der Waals surface area (Å²) in [7, 11) is 0. The number of nitrogens with one attached hydrogen (secondary N) is 1. The van der Waals surface area contributed by atoms with Gasteiger partial charge in [0.15, 0.2) is 0 Å². The van der Waals surface area contributed by atoms with Gasteiger partial charge in [0.05, 0.1) is 6.20 Å². The first-order valence-electron chi connectivity index (χ1n) is 9.21. The molecular weight excluding hydrogens is 306 g/mol. The molecule has 25 heavy (non-hydrogen) atoms. The van der Waals surface area contributed by atoms with Crippen molar-refractivity contribution < 1.29 is 0 Å². The van der Waals surface area contributed by atoms with Crippen LogP contribution in [0, 0.1) is 0 Å². The summed E-state index contributed by atoms with van der Waals surface area (Å²) in [6.07, 6.45) is 5.39. The van der Waals surface area contributed by atoms with Crippen molar-refractivity contribution in [1.82, 2.24) is 15.1 Å². The third-order valence-corrected chi connectivity index (χ3v) is 5.23. The SMILES string of the molecule is c1ccc(Cc2cn[nH]c2C2CCN(Cc3ccccc3)CC2)cc1. The van der Waals surface area contributed by atoms with Gasteiger partial charge in [0, 0.05) is 24.6 Å². The van der Waals surface area contributed by atoms with Crippen molar-refractivity contribution in [2.45, 2.75) is 31.7 Å². The molecule has 1 saturated heterocycles. The van der Waals surface area contributed by atoms with Crippen LogP contribution in [0.2, 0.25) is 0 Å². The van der Waals surface area contributed by atoms with Gasteiger partial charge in [-0.3, -0.25) is 10.00 Å². The van der Waals surface area contributed by atoms with Crippen molar-refractivity contribution in [3.05, 3.63) is 89.2 Å². The van der Waals surface area contributed by atoms with Gasteiger partial charge in [-0.2, -0.15) is 5.10 Å². The highest BCUT2D eigenvalue weighted by molar-refractivity contribution is 5.29. The maximum atomic E-state index is 4.34. The number of H-pyrrole nitrogens is 1. The lowest BCUT2D eigenvalue weighted by Crippen LogP contribution is -2.32. The standard InChI is InChI=1S/C22H25N3/c1-3-7-18(8-4-1)15-21-16-23-24-22(21)20-11-13-25(14-12-20)17-19-9-5-2-6-10-19/h1-10,16,20H,11-15,17H2,(H,23,24). The fourth-order valence-corrected chi connectivity index (χ4v) is 3.85. The van der Waals surface area contributed by atoms with Gasteiger partial charge in [0.25, 0.3) is 0 Å². The minimum Gasteiger partial charge on any atom is -0.299 e.